The van der Waals surface area contributed by atoms with Crippen LogP contribution in [0.1, 0.15) is 50.6 Å². The number of hydrogen-bond donors (Lipinski definition) is 1. The Labute approximate surface area is 203 Å². The van der Waals surface area contributed by atoms with Crippen molar-refractivity contribution in [3.05, 3.63) is 65.4 Å². The quantitative estimate of drug-likeness (QED) is 0.402. The summed E-state index contributed by atoms with van der Waals surface area (Å²) >= 11 is 0. The van der Waals surface area contributed by atoms with Crippen LogP contribution < -0.4 is 14.8 Å². The molecule has 1 atom stereocenters. The van der Waals surface area contributed by atoms with Crippen LogP contribution in [0.15, 0.2) is 52.7 Å². The highest BCUT2D eigenvalue weighted by Gasteiger charge is 2.35. The molecule has 4 rings (SSSR count). The number of carbonyl (C=O) groups is 1. The highest BCUT2D eigenvalue weighted by molar-refractivity contribution is 5.86. The molecule has 0 radical (unpaired) electrons. The number of amides is 2. The molecule has 1 unspecified atom stereocenters. The Morgan fingerprint density at radius 3 is 2.51 bits per heavy atom. The van der Waals surface area contributed by atoms with E-state index in [-0.39, 0.29) is 17.7 Å². The second-order valence-electron chi connectivity index (χ2n) is 8.28. The van der Waals surface area contributed by atoms with Gasteiger partial charge < -0.3 is 19.3 Å². The largest absolute Gasteiger partial charge is 0.493 e. The highest BCUT2D eigenvalue weighted by atomic mass is 19.1. The Kier molecular flexibility index (Phi) is 7.33. The van der Waals surface area contributed by atoms with Gasteiger partial charge in [0.05, 0.1) is 25.8 Å². The summed E-state index contributed by atoms with van der Waals surface area (Å²) < 4.78 is 30.0. The van der Waals surface area contributed by atoms with Crippen molar-refractivity contribution in [3.8, 4) is 22.9 Å². The molecular weight excluding hydrogens is 451 g/mol. The number of unbranched alkanes of at least 4 members (excludes halogenated alkanes) is 2. The van der Waals surface area contributed by atoms with Crippen LogP contribution in [0.25, 0.3) is 17.0 Å². The number of benzene rings is 2. The summed E-state index contributed by atoms with van der Waals surface area (Å²) in [4.78, 5) is 19.3. The number of nitrogens with one attached hydrogen (secondary N) is 1. The number of methoxy groups -OCH3 is 2. The number of carbonyl (C=O) groups excluding carboxylic acids is 1. The second-order valence-corrected chi connectivity index (χ2v) is 8.28. The van der Waals surface area contributed by atoms with Crippen molar-refractivity contribution >= 4 is 11.6 Å². The first-order valence-electron chi connectivity index (χ1n) is 11.6. The molecule has 8 nitrogen and oxygen atoms in total. The minimum absolute atomic E-state index is 0.212. The van der Waals surface area contributed by atoms with E-state index in [0.717, 1.165) is 25.0 Å². The van der Waals surface area contributed by atoms with Crippen molar-refractivity contribution in [1.29, 1.82) is 0 Å². The van der Waals surface area contributed by atoms with Crippen LogP contribution >= 0.6 is 0 Å². The zero-order valence-corrected chi connectivity index (χ0v) is 20.3. The van der Waals surface area contributed by atoms with Crippen molar-refractivity contribution in [1.82, 2.24) is 20.4 Å². The highest BCUT2D eigenvalue weighted by Crippen LogP contribution is 2.38. The zero-order chi connectivity index (χ0) is 24.9. The molecule has 0 bridgehead atoms. The number of ether oxygens (including phenoxy) is 2. The fourth-order valence-electron chi connectivity index (χ4n) is 4.18. The molecule has 35 heavy (non-hydrogen) atoms. The lowest BCUT2D eigenvalue weighted by Gasteiger charge is -2.35. The van der Waals surface area contributed by atoms with E-state index < -0.39 is 6.04 Å². The van der Waals surface area contributed by atoms with Gasteiger partial charge >= 0.3 is 6.03 Å². The molecule has 2 amide bonds. The zero-order valence-electron chi connectivity index (χ0n) is 20.3. The average Bonchev–Trinajstić information content (AvgIpc) is 3.35. The van der Waals surface area contributed by atoms with Gasteiger partial charge in [0.1, 0.15) is 5.82 Å². The molecule has 0 saturated carbocycles. The molecule has 0 aliphatic carbocycles. The van der Waals surface area contributed by atoms with E-state index in [9.17, 15) is 9.18 Å². The molecule has 0 saturated heterocycles. The Morgan fingerprint density at radius 1 is 1.09 bits per heavy atom. The maximum Gasteiger partial charge on any atom is 0.322 e. The van der Waals surface area contributed by atoms with Crippen LogP contribution in [-0.4, -0.2) is 41.8 Å². The van der Waals surface area contributed by atoms with Gasteiger partial charge in [-0.1, -0.05) is 37.1 Å². The molecule has 9 heteroatoms. The smallest absolute Gasteiger partial charge is 0.322 e. The third-order valence-corrected chi connectivity index (χ3v) is 6.08. The normalized spacial score (nSPS) is 15.9. The monoisotopic (exact) mass is 480 g/mol. The summed E-state index contributed by atoms with van der Waals surface area (Å²) in [6.45, 7) is 4.56. The maximum atomic E-state index is 13.6. The van der Waals surface area contributed by atoms with Gasteiger partial charge in [-0.15, -0.1) is 0 Å². The predicted octanol–water partition coefficient (Wildman–Crippen LogP) is 5.58. The van der Waals surface area contributed by atoms with E-state index in [0.29, 0.717) is 40.6 Å². The van der Waals surface area contributed by atoms with Gasteiger partial charge in [-0.05, 0) is 49.2 Å². The first-order valence-corrected chi connectivity index (χ1v) is 11.6. The first kappa shape index (κ1) is 24.3. The molecule has 3 aromatic rings. The molecule has 1 aliphatic heterocycles. The number of urea groups is 1. The average molecular weight is 481 g/mol. The molecule has 1 N–H and O–H groups in total. The van der Waals surface area contributed by atoms with Crippen LogP contribution in [0, 0.1) is 5.82 Å². The lowest BCUT2D eigenvalue weighted by Crippen LogP contribution is -2.46. The summed E-state index contributed by atoms with van der Waals surface area (Å²) in [5.41, 5.74) is 2.80. The van der Waals surface area contributed by atoms with Crippen LogP contribution in [0.5, 0.6) is 11.5 Å². The van der Waals surface area contributed by atoms with Crippen LogP contribution in [0.4, 0.5) is 9.18 Å². The number of rotatable bonds is 9. The van der Waals surface area contributed by atoms with E-state index in [1.165, 1.54) is 12.1 Å². The first-order chi connectivity index (χ1) is 17.0. The van der Waals surface area contributed by atoms with Gasteiger partial charge in [-0.3, -0.25) is 4.90 Å². The SMILES string of the molecule is CCCCCN1C(=O)NC(c2ccc(F)cc2)C(c2nc(-c3ccc(OC)c(OC)c3)no2)=C1C. The van der Waals surface area contributed by atoms with Gasteiger partial charge in [-0.2, -0.15) is 4.98 Å². The minimum atomic E-state index is -0.566. The standard InChI is InChI=1S/C26H29FN4O4/c1-5-6-7-14-31-16(2)22(23(28-26(31)32)17-8-11-19(27)12-9-17)25-29-24(30-35-25)18-10-13-20(33-3)21(15-18)34-4/h8-13,15,23H,5-7,14H2,1-4H3,(H,28,32). The molecule has 1 aliphatic rings. The van der Waals surface area contributed by atoms with Gasteiger partial charge in [0.15, 0.2) is 11.5 Å². The molecule has 184 valence electrons. The maximum absolute atomic E-state index is 13.6. The fourth-order valence-corrected chi connectivity index (χ4v) is 4.18. The molecule has 2 aromatic carbocycles. The summed E-state index contributed by atoms with van der Waals surface area (Å²) in [5.74, 6) is 1.43. The van der Waals surface area contributed by atoms with Crippen LogP contribution in [0.3, 0.4) is 0 Å². The lowest BCUT2D eigenvalue weighted by atomic mass is 9.94. The van der Waals surface area contributed by atoms with E-state index in [4.69, 9.17) is 14.0 Å². The van der Waals surface area contributed by atoms with E-state index in [1.54, 1.807) is 43.4 Å². The summed E-state index contributed by atoms with van der Waals surface area (Å²) in [5, 5.41) is 7.21. The summed E-state index contributed by atoms with van der Waals surface area (Å²) in [6.07, 6.45) is 2.93. The van der Waals surface area contributed by atoms with Crippen molar-refractivity contribution in [2.24, 2.45) is 0 Å². The van der Waals surface area contributed by atoms with Crippen LogP contribution in [0.2, 0.25) is 0 Å². The van der Waals surface area contributed by atoms with E-state index in [2.05, 4.69) is 22.4 Å². The Hall–Kier alpha value is -3.88. The van der Waals surface area contributed by atoms with Crippen LogP contribution in [-0.2, 0) is 0 Å². The minimum Gasteiger partial charge on any atom is -0.493 e. The van der Waals surface area contributed by atoms with Gasteiger partial charge in [-0.25, -0.2) is 9.18 Å². The van der Waals surface area contributed by atoms with Crippen molar-refractivity contribution in [2.75, 3.05) is 20.8 Å². The third kappa shape index (κ3) is 4.99. The molecule has 2 heterocycles. The molecule has 0 fully saturated rings. The Morgan fingerprint density at radius 2 is 1.83 bits per heavy atom. The number of halogens is 1. The molecular formula is C26H29FN4O4. The van der Waals surface area contributed by atoms with Crippen molar-refractivity contribution in [2.45, 2.75) is 39.2 Å². The third-order valence-electron chi connectivity index (χ3n) is 6.08. The van der Waals surface area contributed by atoms with Crippen molar-refractivity contribution < 1.29 is 23.2 Å². The van der Waals surface area contributed by atoms with Gasteiger partial charge in [0.2, 0.25) is 5.82 Å². The fraction of sp³-hybridized carbons (Fsp3) is 0.346. The summed E-state index contributed by atoms with van der Waals surface area (Å²) in [7, 11) is 3.13. The Bertz CT molecular complexity index is 1220. The lowest BCUT2D eigenvalue weighted by molar-refractivity contribution is 0.204. The van der Waals surface area contributed by atoms with E-state index >= 15 is 0 Å². The molecule has 0 spiro atoms. The summed E-state index contributed by atoms with van der Waals surface area (Å²) in [6, 6.07) is 10.6. The number of hydrogen-bond acceptors (Lipinski definition) is 6. The van der Waals surface area contributed by atoms with E-state index in [1.807, 2.05) is 13.0 Å². The number of allylic oxidation sites excluding steroid dienone is 1. The Balaban J connectivity index is 1.76. The predicted molar refractivity (Wildman–Crippen MR) is 129 cm³/mol. The second kappa shape index (κ2) is 10.6. The van der Waals surface area contributed by atoms with Gasteiger partial charge in [0, 0.05) is 17.8 Å². The molecule has 1 aromatic heterocycles. The number of nitrogens with zero attached hydrogens (tertiary/aromatic N) is 3. The van der Waals surface area contributed by atoms with Gasteiger partial charge in [0.25, 0.3) is 5.89 Å². The van der Waals surface area contributed by atoms with Crippen molar-refractivity contribution in [3.63, 3.8) is 0 Å². The number of aromatic nitrogens is 2. The topological polar surface area (TPSA) is 89.7 Å².